The zero-order valence-corrected chi connectivity index (χ0v) is 17.5. The minimum atomic E-state index is -3.88. The van der Waals surface area contributed by atoms with Crippen LogP contribution in [0, 0.1) is 6.92 Å². The number of hydrogen-bond acceptors (Lipinski definition) is 5. The summed E-state index contributed by atoms with van der Waals surface area (Å²) in [6.45, 7) is 2.39. The molecule has 0 bridgehead atoms. The Labute approximate surface area is 175 Å². The molecule has 6 nitrogen and oxygen atoms in total. The molecule has 0 atom stereocenters. The first-order valence-corrected chi connectivity index (χ1v) is 10.5. The average molecular weight is 448 g/mol. The van der Waals surface area contributed by atoms with Gasteiger partial charge in [-0.05, 0) is 49.7 Å². The standard InChI is InChI=1S/C19H23F2N3O3S.ClH/c1-14-6-7-17(13-18(14)24-10-3-8-22-9-11-24)28(25,26)23-15-4-2-5-16(12-15)27-19(20)21;/h2,4-7,12-13,19,22-23H,3,8-11H2,1H3;1H. The normalized spacial score (nSPS) is 14.8. The highest BCUT2D eigenvalue weighted by atomic mass is 35.5. The lowest BCUT2D eigenvalue weighted by atomic mass is 10.1. The topological polar surface area (TPSA) is 70.7 Å². The van der Waals surface area contributed by atoms with Gasteiger partial charge in [0.25, 0.3) is 10.0 Å². The molecule has 2 N–H and O–H groups in total. The third-order valence-corrected chi connectivity index (χ3v) is 5.86. The lowest BCUT2D eigenvalue weighted by Gasteiger charge is -2.25. The van der Waals surface area contributed by atoms with E-state index in [9.17, 15) is 17.2 Å². The van der Waals surface area contributed by atoms with Crippen molar-refractivity contribution >= 4 is 33.8 Å². The van der Waals surface area contributed by atoms with Crippen molar-refractivity contribution in [3.63, 3.8) is 0 Å². The third-order valence-electron chi connectivity index (χ3n) is 4.48. The SMILES string of the molecule is Cc1ccc(S(=O)(=O)Nc2cccc(OC(F)F)c2)cc1N1CCCNCC1.Cl. The third kappa shape index (κ3) is 6.19. The largest absolute Gasteiger partial charge is 0.435 e. The van der Waals surface area contributed by atoms with Gasteiger partial charge in [0, 0.05) is 31.4 Å². The molecule has 2 aromatic rings. The maximum absolute atomic E-state index is 12.8. The molecule has 0 radical (unpaired) electrons. The Kier molecular flexibility index (Phi) is 8.06. The number of benzene rings is 2. The Bertz CT molecular complexity index is 921. The molecule has 0 unspecified atom stereocenters. The number of aryl methyl sites for hydroxylation is 1. The molecule has 1 aliphatic rings. The molecule has 3 rings (SSSR count). The molecule has 1 saturated heterocycles. The second kappa shape index (κ2) is 10.1. The summed E-state index contributed by atoms with van der Waals surface area (Å²) in [5.74, 6) is -0.114. The van der Waals surface area contributed by atoms with Gasteiger partial charge in [0.15, 0.2) is 0 Å². The van der Waals surface area contributed by atoms with Crippen LogP contribution >= 0.6 is 12.4 Å². The minimum absolute atomic E-state index is 0. The molecular weight excluding hydrogens is 424 g/mol. The molecule has 0 saturated carbocycles. The van der Waals surface area contributed by atoms with E-state index in [0.717, 1.165) is 43.9 Å². The maximum Gasteiger partial charge on any atom is 0.387 e. The summed E-state index contributed by atoms with van der Waals surface area (Å²) in [6.07, 6.45) is 0.978. The van der Waals surface area contributed by atoms with E-state index in [1.807, 2.05) is 6.92 Å². The fourth-order valence-corrected chi connectivity index (χ4v) is 4.20. The van der Waals surface area contributed by atoms with Gasteiger partial charge < -0.3 is 15.0 Å². The maximum atomic E-state index is 12.8. The van der Waals surface area contributed by atoms with Gasteiger partial charge in [-0.2, -0.15) is 8.78 Å². The first-order valence-electron chi connectivity index (χ1n) is 8.99. The van der Waals surface area contributed by atoms with Gasteiger partial charge in [-0.1, -0.05) is 12.1 Å². The van der Waals surface area contributed by atoms with E-state index >= 15 is 0 Å². The summed E-state index contributed by atoms with van der Waals surface area (Å²) < 4.78 is 57.1. The van der Waals surface area contributed by atoms with Crippen LogP contribution in [0.25, 0.3) is 0 Å². The summed E-state index contributed by atoms with van der Waals surface area (Å²) in [6, 6.07) is 10.4. The van der Waals surface area contributed by atoms with Crippen LogP contribution in [0.5, 0.6) is 5.75 Å². The van der Waals surface area contributed by atoms with E-state index in [2.05, 4.69) is 19.7 Å². The van der Waals surface area contributed by atoms with E-state index in [1.165, 1.54) is 30.3 Å². The zero-order chi connectivity index (χ0) is 20.1. The Hall–Kier alpha value is -2.10. The number of anilines is 2. The molecule has 2 aromatic carbocycles. The van der Waals surface area contributed by atoms with Gasteiger partial charge in [-0.3, -0.25) is 4.72 Å². The number of nitrogens with one attached hydrogen (secondary N) is 2. The van der Waals surface area contributed by atoms with Gasteiger partial charge in [0.1, 0.15) is 5.75 Å². The summed E-state index contributed by atoms with van der Waals surface area (Å²) >= 11 is 0. The summed E-state index contributed by atoms with van der Waals surface area (Å²) in [5.41, 5.74) is 2.02. The molecule has 0 spiro atoms. The first-order chi connectivity index (χ1) is 13.3. The van der Waals surface area contributed by atoms with Crippen LogP contribution in [0.15, 0.2) is 47.4 Å². The van der Waals surface area contributed by atoms with Crippen molar-refractivity contribution in [2.45, 2.75) is 24.9 Å². The van der Waals surface area contributed by atoms with Crippen LogP contribution in [-0.4, -0.2) is 41.2 Å². The van der Waals surface area contributed by atoms with Crippen molar-refractivity contribution in [3.05, 3.63) is 48.0 Å². The molecule has 1 fully saturated rings. The van der Waals surface area contributed by atoms with Crippen molar-refractivity contribution in [1.29, 1.82) is 0 Å². The highest BCUT2D eigenvalue weighted by Crippen LogP contribution is 2.27. The summed E-state index contributed by atoms with van der Waals surface area (Å²) in [4.78, 5) is 2.29. The van der Waals surface area contributed by atoms with Crippen molar-refractivity contribution in [3.8, 4) is 5.75 Å². The molecule has 0 aliphatic carbocycles. The average Bonchev–Trinajstić information content (AvgIpc) is 2.90. The van der Waals surface area contributed by atoms with Crippen LogP contribution in [0.3, 0.4) is 0 Å². The highest BCUT2D eigenvalue weighted by Gasteiger charge is 2.19. The van der Waals surface area contributed by atoms with Crippen molar-refractivity contribution < 1.29 is 21.9 Å². The number of nitrogens with zero attached hydrogens (tertiary/aromatic N) is 1. The number of alkyl halides is 2. The lowest BCUT2D eigenvalue weighted by molar-refractivity contribution is -0.0497. The molecule has 29 heavy (non-hydrogen) atoms. The van der Waals surface area contributed by atoms with E-state index < -0.39 is 16.6 Å². The van der Waals surface area contributed by atoms with Crippen LogP contribution in [0.2, 0.25) is 0 Å². The fourth-order valence-electron chi connectivity index (χ4n) is 3.13. The van der Waals surface area contributed by atoms with Crippen LogP contribution < -0.4 is 19.7 Å². The second-order valence-corrected chi connectivity index (χ2v) is 8.23. The zero-order valence-electron chi connectivity index (χ0n) is 15.9. The molecule has 0 aromatic heterocycles. The van der Waals surface area contributed by atoms with Gasteiger partial charge >= 0.3 is 6.61 Å². The number of sulfonamides is 1. The molecule has 1 heterocycles. The van der Waals surface area contributed by atoms with E-state index in [1.54, 1.807) is 12.1 Å². The molecule has 10 heteroatoms. The highest BCUT2D eigenvalue weighted by molar-refractivity contribution is 7.92. The molecular formula is C19H24ClF2N3O3S. The van der Waals surface area contributed by atoms with E-state index in [4.69, 9.17) is 0 Å². The van der Waals surface area contributed by atoms with E-state index in [-0.39, 0.29) is 28.7 Å². The Morgan fingerprint density at radius 3 is 2.69 bits per heavy atom. The van der Waals surface area contributed by atoms with Crippen LogP contribution in [0.4, 0.5) is 20.2 Å². The predicted molar refractivity (Wildman–Crippen MR) is 112 cm³/mol. The molecule has 1 aliphatic heterocycles. The first kappa shape index (κ1) is 23.2. The molecule has 160 valence electrons. The Morgan fingerprint density at radius 2 is 1.93 bits per heavy atom. The number of rotatable bonds is 6. The van der Waals surface area contributed by atoms with Gasteiger partial charge in [0.05, 0.1) is 10.6 Å². The number of hydrogen-bond donors (Lipinski definition) is 2. The molecule has 0 amide bonds. The summed E-state index contributed by atoms with van der Waals surface area (Å²) in [5, 5.41) is 3.33. The number of halogens is 3. The van der Waals surface area contributed by atoms with Crippen LogP contribution in [0.1, 0.15) is 12.0 Å². The van der Waals surface area contributed by atoms with E-state index in [0.29, 0.717) is 0 Å². The number of ether oxygens (including phenoxy) is 1. The van der Waals surface area contributed by atoms with Gasteiger partial charge in [-0.15, -0.1) is 12.4 Å². The van der Waals surface area contributed by atoms with Crippen LogP contribution in [-0.2, 0) is 10.0 Å². The lowest BCUT2D eigenvalue weighted by Crippen LogP contribution is -2.28. The fraction of sp³-hybridized carbons (Fsp3) is 0.368. The van der Waals surface area contributed by atoms with Gasteiger partial charge in [-0.25, -0.2) is 8.42 Å². The Morgan fingerprint density at radius 1 is 1.14 bits per heavy atom. The second-order valence-electron chi connectivity index (χ2n) is 6.55. The minimum Gasteiger partial charge on any atom is -0.435 e. The summed E-state index contributed by atoms with van der Waals surface area (Å²) in [7, 11) is -3.88. The smallest absolute Gasteiger partial charge is 0.387 e. The van der Waals surface area contributed by atoms with Gasteiger partial charge in [0.2, 0.25) is 0 Å². The van der Waals surface area contributed by atoms with Crippen molar-refractivity contribution in [1.82, 2.24) is 5.32 Å². The van der Waals surface area contributed by atoms with Crippen molar-refractivity contribution in [2.24, 2.45) is 0 Å². The van der Waals surface area contributed by atoms with Crippen molar-refractivity contribution in [2.75, 3.05) is 35.8 Å². The predicted octanol–water partition coefficient (Wildman–Crippen LogP) is 3.62. The monoisotopic (exact) mass is 447 g/mol. The Balaban J connectivity index is 0.00000300. The quantitative estimate of drug-likeness (QED) is 0.707.